The fraction of sp³-hybridized carbons (Fsp3) is 0.133. The monoisotopic (exact) mass is 256 g/mol. The molecule has 0 spiro atoms. The van der Waals surface area contributed by atoms with Crippen molar-refractivity contribution < 1.29 is 9.50 Å². The summed E-state index contributed by atoms with van der Waals surface area (Å²) in [5, 5.41) is 21.3. The molecule has 0 saturated heterocycles. The van der Waals surface area contributed by atoms with Gasteiger partial charge < -0.3 is 10.4 Å². The molecule has 0 aromatic heterocycles. The minimum atomic E-state index is -0.477. The zero-order chi connectivity index (χ0) is 13.8. The fourth-order valence-corrected chi connectivity index (χ4v) is 1.88. The highest BCUT2D eigenvalue weighted by Gasteiger charge is 2.12. The summed E-state index contributed by atoms with van der Waals surface area (Å²) in [5.74, 6) is -0.583. The van der Waals surface area contributed by atoms with Crippen LogP contribution in [-0.2, 0) is 0 Å². The van der Waals surface area contributed by atoms with Gasteiger partial charge in [0.2, 0.25) is 0 Å². The van der Waals surface area contributed by atoms with Gasteiger partial charge in [-0.1, -0.05) is 18.2 Å². The molecular weight excluding hydrogens is 243 g/mol. The number of aromatic hydroxyl groups is 1. The molecule has 0 amide bonds. The second-order valence-electron chi connectivity index (χ2n) is 4.23. The normalized spacial score (nSPS) is 11.6. The summed E-state index contributed by atoms with van der Waals surface area (Å²) < 4.78 is 13.7. The molecule has 2 N–H and O–H groups in total. The number of nitriles is 1. The van der Waals surface area contributed by atoms with Crippen LogP contribution >= 0.6 is 0 Å². The first-order chi connectivity index (χ1) is 9.11. The number of hydrogen-bond acceptors (Lipinski definition) is 3. The Balaban J connectivity index is 2.26. The molecule has 0 radical (unpaired) electrons. The van der Waals surface area contributed by atoms with Crippen LogP contribution in [0.1, 0.15) is 24.1 Å². The van der Waals surface area contributed by atoms with Crippen molar-refractivity contribution in [2.45, 2.75) is 13.0 Å². The number of benzene rings is 2. The smallest absolute Gasteiger partial charge is 0.132 e. The van der Waals surface area contributed by atoms with E-state index in [1.165, 1.54) is 12.1 Å². The van der Waals surface area contributed by atoms with Gasteiger partial charge in [-0.2, -0.15) is 5.26 Å². The Kier molecular flexibility index (Phi) is 3.67. The van der Waals surface area contributed by atoms with Crippen LogP contribution in [0.3, 0.4) is 0 Å². The van der Waals surface area contributed by atoms with Crippen LogP contribution in [0.5, 0.6) is 5.75 Å². The summed E-state index contributed by atoms with van der Waals surface area (Å²) in [6.07, 6.45) is 0. The molecule has 0 fully saturated rings. The van der Waals surface area contributed by atoms with Crippen LogP contribution in [0.2, 0.25) is 0 Å². The van der Waals surface area contributed by atoms with E-state index in [-0.39, 0.29) is 11.8 Å². The highest BCUT2D eigenvalue weighted by molar-refractivity contribution is 5.58. The topological polar surface area (TPSA) is 56.0 Å². The Labute approximate surface area is 110 Å². The minimum absolute atomic E-state index is 0.106. The lowest BCUT2D eigenvalue weighted by Crippen LogP contribution is -2.09. The average Bonchev–Trinajstić information content (AvgIpc) is 2.39. The third-order valence-corrected chi connectivity index (χ3v) is 2.87. The van der Waals surface area contributed by atoms with E-state index in [1.54, 1.807) is 25.1 Å². The lowest BCUT2D eigenvalue weighted by molar-refractivity contribution is 0.467. The van der Waals surface area contributed by atoms with E-state index < -0.39 is 5.82 Å². The van der Waals surface area contributed by atoms with Gasteiger partial charge in [-0.05, 0) is 25.1 Å². The van der Waals surface area contributed by atoms with E-state index in [0.29, 0.717) is 16.8 Å². The standard InChI is InChI=1S/C15H13FN2O/c1-10(13-7-6-12(19)8-14(13)16)18-15-5-3-2-4-11(15)9-17/h2-8,10,18-19H,1H3. The highest BCUT2D eigenvalue weighted by Crippen LogP contribution is 2.25. The number of phenolic OH excluding ortho intramolecular Hbond substituents is 1. The van der Waals surface area contributed by atoms with Gasteiger partial charge in [0.15, 0.2) is 0 Å². The average molecular weight is 256 g/mol. The van der Waals surface area contributed by atoms with Crippen LogP contribution < -0.4 is 5.32 Å². The van der Waals surface area contributed by atoms with Crippen molar-refractivity contribution in [1.29, 1.82) is 5.26 Å². The molecule has 0 aliphatic rings. The highest BCUT2D eigenvalue weighted by atomic mass is 19.1. The summed E-state index contributed by atoms with van der Waals surface area (Å²) in [6, 6.07) is 12.9. The van der Waals surface area contributed by atoms with Crippen molar-refractivity contribution in [2.75, 3.05) is 5.32 Å². The van der Waals surface area contributed by atoms with Gasteiger partial charge in [-0.25, -0.2) is 4.39 Å². The Bertz CT molecular complexity index is 634. The molecule has 0 aliphatic heterocycles. The Morgan fingerprint density at radius 1 is 1.26 bits per heavy atom. The fourth-order valence-electron chi connectivity index (χ4n) is 1.88. The number of anilines is 1. The first kappa shape index (κ1) is 12.9. The number of nitrogens with zero attached hydrogens (tertiary/aromatic N) is 1. The molecule has 3 nitrogen and oxygen atoms in total. The third-order valence-electron chi connectivity index (χ3n) is 2.87. The van der Waals surface area contributed by atoms with E-state index in [1.807, 2.05) is 6.07 Å². The molecule has 96 valence electrons. The van der Waals surface area contributed by atoms with Gasteiger partial charge >= 0.3 is 0 Å². The predicted molar refractivity (Wildman–Crippen MR) is 71.3 cm³/mol. The molecule has 1 atom stereocenters. The zero-order valence-electron chi connectivity index (χ0n) is 10.4. The lowest BCUT2D eigenvalue weighted by Gasteiger charge is -2.17. The number of phenols is 1. The molecule has 19 heavy (non-hydrogen) atoms. The number of nitrogens with one attached hydrogen (secondary N) is 1. The van der Waals surface area contributed by atoms with Crippen molar-refractivity contribution in [3.8, 4) is 11.8 Å². The van der Waals surface area contributed by atoms with Crippen LogP contribution in [0.4, 0.5) is 10.1 Å². The molecular formula is C15H13FN2O. The largest absolute Gasteiger partial charge is 0.508 e. The Morgan fingerprint density at radius 3 is 2.68 bits per heavy atom. The number of para-hydroxylation sites is 1. The number of hydrogen-bond donors (Lipinski definition) is 2. The molecule has 0 heterocycles. The quantitative estimate of drug-likeness (QED) is 0.882. The number of halogens is 1. The summed E-state index contributed by atoms with van der Waals surface area (Å²) in [7, 11) is 0. The predicted octanol–water partition coefficient (Wildman–Crippen LogP) is 3.58. The first-order valence-corrected chi connectivity index (χ1v) is 5.86. The molecule has 2 aromatic carbocycles. The summed E-state index contributed by atoms with van der Waals surface area (Å²) in [6.45, 7) is 1.80. The number of rotatable bonds is 3. The van der Waals surface area contributed by atoms with E-state index in [9.17, 15) is 9.50 Å². The molecule has 4 heteroatoms. The van der Waals surface area contributed by atoms with E-state index in [4.69, 9.17) is 5.26 Å². The van der Waals surface area contributed by atoms with Crippen molar-refractivity contribution in [3.05, 3.63) is 59.4 Å². The SMILES string of the molecule is CC(Nc1ccccc1C#N)c1ccc(O)cc1F. The van der Waals surface area contributed by atoms with Gasteiger partial charge in [0.05, 0.1) is 17.3 Å². The minimum Gasteiger partial charge on any atom is -0.508 e. The summed E-state index contributed by atoms with van der Waals surface area (Å²) in [4.78, 5) is 0. The second kappa shape index (κ2) is 5.40. The maximum Gasteiger partial charge on any atom is 0.132 e. The van der Waals surface area contributed by atoms with E-state index >= 15 is 0 Å². The van der Waals surface area contributed by atoms with Gasteiger partial charge in [0.1, 0.15) is 17.6 Å². The van der Waals surface area contributed by atoms with Crippen LogP contribution in [-0.4, -0.2) is 5.11 Å². The van der Waals surface area contributed by atoms with Crippen molar-refractivity contribution in [1.82, 2.24) is 0 Å². The van der Waals surface area contributed by atoms with Crippen molar-refractivity contribution in [3.63, 3.8) is 0 Å². The maximum atomic E-state index is 13.7. The maximum absolute atomic E-state index is 13.7. The van der Waals surface area contributed by atoms with Gasteiger partial charge in [0, 0.05) is 11.6 Å². The van der Waals surface area contributed by atoms with Crippen LogP contribution in [0.25, 0.3) is 0 Å². The molecule has 2 rings (SSSR count). The zero-order valence-corrected chi connectivity index (χ0v) is 10.4. The third kappa shape index (κ3) is 2.83. The molecule has 0 saturated carbocycles. The Hall–Kier alpha value is -2.54. The summed E-state index contributed by atoms with van der Waals surface area (Å²) in [5.41, 5.74) is 1.60. The van der Waals surface area contributed by atoms with Crippen LogP contribution in [0.15, 0.2) is 42.5 Å². The second-order valence-corrected chi connectivity index (χ2v) is 4.23. The molecule has 1 unspecified atom stereocenters. The van der Waals surface area contributed by atoms with E-state index in [0.717, 1.165) is 6.07 Å². The summed E-state index contributed by atoms with van der Waals surface area (Å²) >= 11 is 0. The Morgan fingerprint density at radius 2 is 2.00 bits per heavy atom. The van der Waals surface area contributed by atoms with Crippen molar-refractivity contribution in [2.24, 2.45) is 0 Å². The first-order valence-electron chi connectivity index (χ1n) is 5.86. The van der Waals surface area contributed by atoms with Gasteiger partial charge in [-0.3, -0.25) is 0 Å². The van der Waals surface area contributed by atoms with Gasteiger partial charge in [0.25, 0.3) is 0 Å². The molecule has 0 aliphatic carbocycles. The van der Waals surface area contributed by atoms with Crippen LogP contribution in [0, 0.1) is 17.1 Å². The molecule has 0 bridgehead atoms. The molecule has 2 aromatic rings. The van der Waals surface area contributed by atoms with E-state index in [2.05, 4.69) is 11.4 Å². The van der Waals surface area contributed by atoms with Crippen molar-refractivity contribution >= 4 is 5.69 Å². The van der Waals surface area contributed by atoms with Gasteiger partial charge in [-0.15, -0.1) is 0 Å². The lowest BCUT2D eigenvalue weighted by atomic mass is 10.1.